The Morgan fingerprint density at radius 2 is 2.25 bits per heavy atom. The van der Waals surface area contributed by atoms with E-state index >= 15 is 0 Å². The van der Waals surface area contributed by atoms with Gasteiger partial charge in [-0.3, -0.25) is 9.80 Å². The predicted molar refractivity (Wildman–Crippen MR) is 67.8 cm³/mol. The first-order chi connectivity index (χ1) is 9.37. The number of thioether (sulfide) groups is 1. The minimum absolute atomic E-state index is 0.291. The normalized spacial score (nSPS) is 16.2. The first-order valence-corrected chi connectivity index (χ1v) is 6.47. The fourth-order valence-corrected chi connectivity index (χ4v) is 2.37. The van der Waals surface area contributed by atoms with Crippen LogP contribution in [0.4, 0.5) is 13.2 Å². The minimum Gasteiger partial charge on any atom is -0.406 e. The lowest BCUT2D eigenvalue weighted by Gasteiger charge is -2.23. The largest absolute Gasteiger partial charge is 0.573 e. The molecule has 1 aliphatic rings. The number of hydrazone groups is 1. The Hall–Kier alpha value is -1.90. The Kier molecular flexibility index (Phi) is 4.07. The summed E-state index contributed by atoms with van der Waals surface area (Å²) in [5.74, 6) is -0.705. The molecule has 0 fully saturated rings. The fraction of sp³-hybridized carbons (Fsp3) is 0.273. The Bertz CT molecular complexity index is 536. The Morgan fingerprint density at radius 3 is 2.80 bits per heavy atom. The van der Waals surface area contributed by atoms with Gasteiger partial charge in [0.2, 0.25) is 5.91 Å². The van der Waals surface area contributed by atoms with E-state index in [2.05, 4.69) is 9.84 Å². The van der Waals surface area contributed by atoms with Crippen LogP contribution in [0, 0.1) is 0 Å². The van der Waals surface area contributed by atoms with Crippen LogP contribution in [-0.2, 0) is 4.79 Å². The van der Waals surface area contributed by atoms with Crippen LogP contribution in [0.25, 0.3) is 0 Å². The van der Waals surface area contributed by atoms with Gasteiger partial charge in [0, 0.05) is 0 Å². The van der Waals surface area contributed by atoms with Gasteiger partial charge in [-0.05, 0) is 17.7 Å². The maximum absolute atomic E-state index is 12.2. The van der Waals surface area contributed by atoms with Gasteiger partial charge in [0.1, 0.15) is 5.75 Å². The molecule has 5 nitrogen and oxygen atoms in total. The number of rotatable bonds is 4. The minimum atomic E-state index is -4.79. The van der Waals surface area contributed by atoms with E-state index in [1.54, 1.807) is 0 Å². The second-order valence-corrected chi connectivity index (χ2v) is 4.68. The Morgan fingerprint density at radius 1 is 1.50 bits per heavy atom. The summed E-state index contributed by atoms with van der Waals surface area (Å²) in [6, 6.07) is 4.20. The molecule has 1 atom stereocenters. The summed E-state index contributed by atoms with van der Waals surface area (Å²) in [6.45, 7) is 0. The molecule has 9 heteroatoms. The standard InChI is InChI=1S/C11H10F3N3O2S/c12-11(13,14)19-8-3-1-2-7(4-8)9(10(15)18)17-6-20-5-16-17/h1-5,9H,6H2,(H2,15,18). The third kappa shape index (κ3) is 3.56. The molecular weight excluding hydrogens is 295 g/mol. The number of halogens is 3. The van der Waals surface area contributed by atoms with Crippen molar-refractivity contribution >= 4 is 23.2 Å². The fourth-order valence-electron chi connectivity index (χ4n) is 1.74. The van der Waals surface area contributed by atoms with E-state index in [-0.39, 0.29) is 0 Å². The zero-order valence-corrected chi connectivity index (χ0v) is 10.8. The lowest BCUT2D eigenvalue weighted by atomic mass is 10.1. The lowest BCUT2D eigenvalue weighted by molar-refractivity contribution is -0.274. The van der Waals surface area contributed by atoms with Crippen LogP contribution >= 0.6 is 11.8 Å². The molecule has 1 aliphatic heterocycles. The van der Waals surface area contributed by atoms with Gasteiger partial charge >= 0.3 is 6.36 Å². The van der Waals surface area contributed by atoms with Gasteiger partial charge < -0.3 is 10.5 Å². The van der Waals surface area contributed by atoms with Crippen molar-refractivity contribution in [1.82, 2.24) is 5.01 Å². The molecule has 20 heavy (non-hydrogen) atoms. The maximum atomic E-state index is 12.2. The van der Waals surface area contributed by atoms with Crippen molar-refractivity contribution in [2.45, 2.75) is 12.4 Å². The van der Waals surface area contributed by atoms with Crippen molar-refractivity contribution in [1.29, 1.82) is 0 Å². The highest BCUT2D eigenvalue weighted by Crippen LogP contribution is 2.30. The highest BCUT2D eigenvalue weighted by molar-refractivity contribution is 8.12. The molecule has 1 heterocycles. The molecule has 108 valence electrons. The van der Waals surface area contributed by atoms with Crippen LogP contribution in [0.3, 0.4) is 0 Å². The third-order valence-corrected chi connectivity index (χ3v) is 3.11. The number of benzene rings is 1. The molecule has 0 saturated carbocycles. The quantitative estimate of drug-likeness (QED) is 0.924. The van der Waals surface area contributed by atoms with Gasteiger partial charge in [-0.25, -0.2) is 0 Å². The van der Waals surface area contributed by atoms with Gasteiger partial charge in [-0.1, -0.05) is 23.9 Å². The maximum Gasteiger partial charge on any atom is 0.573 e. The molecule has 0 spiro atoms. The SMILES string of the molecule is NC(=O)C(c1cccc(OC(F)(F)F)c1)N1CSC=N1. The summed E-state index contributed by atoms with van der Waals surface area (Å²) in [4.78, 5) is 11.5. The van der Waals surface area contributed by atoms with Crippen molar-refractivity contribution in [2.24, 2.45) is 10.8 Å². The number of amides is 1. The molecule has 0 aromatic heterocycles. The summed E-state index contributed by atoms with van der Waals surface area (Å²) >= 11 is 1.35. The van der Waals surface area contributed by atoms with Gasteiger partial charge in [0.15, 0.2) is 6.04 Å². The zero-order valence-electron chi connectivity index (χ0n) is 10.0. The van der Waals surface area contributed by atoms with E-state index in [1.807, 2.05) is 0 Å². The third-order valence-electron chi connectivity index (χ3n) is 2.45. The molecule has 1 amide bonds. The van der Waals surface area contributed by atoms with E-state index < -0.39 is 24.1 Å². The number of carbonyl (C=O) groups is 1. The van der Waals surface area contributed by atoms with E-state index in [0.717, 1.165) is 12.1 Å². The Labute approximate surface area is 116 Å². The predicted octanol–water partition coefficient (Wildman–Crippen LogP) is 2.06. The summed E-state index contributed by atoms with van der Waals surface area (Å²) in [6.07, 6.45) is -4.79. The molecule has 1 unspecified atom stereocenters. The molecule has 0 radical (unpaired) electrons. The van der Waals surface area contributed by atoms with Crippen LogP contribution in [-0.4, -0.2) is 28.7 Å². The number of primary amides is 1. The number of ether oxygens (including phenoxy) is 1. The molecule has 0 saturated heterocycles. The molecular formula is C11H10F3N3O2S. The second-order valence-electron chi connectivity index (χ2n) is 3.88. The highest BCUT2D eigenvalue weighted by atomic mass is 32.2. The van der Waals surface area contributed by atoms with Crippen LogP contribution in [0.2, 0.25) is 0 Å². The summed E-state index contributed by atoms with van der Waals surface area (Å²) in [5.41, 5.74) is 7.12. The zero-order chi connectivity index (χ0) is 14.8. The summed E-state index contributed by atoms with van der Waals surface area (Å²) < 4.78 is 40.4. The molecule has 1 aromatic rings. The van der Waals surface area contributed by atoms with Crippen molar-refractivity contribution in [3.8, 4) is 5.75 Å². The smallest absolute Gasteiger partial charge is 0.406 e. The molecule has 2 rings (SSSR count). The second kappa shape index (κ2) is 5.61. The van der Waals surface area contributed by atoms with Gasteiger partial charge in [0.05, 0.1) is 11.4 Å². The lowest BCUT2D eigenvalue weighted by Crippen LogP contribution is -2.33. The number of nitrogens with two attached hydrogens (primary N) is 1. The van der Waals surface area contributed by atoms with E-state index in [9.17, 15) is 18.0 Å². The van der Waals surface area contributed by atoms with Crippen molar-refractivity contribution in [2.75, 3.05) is 5.88 Å². The number of hydrogen-bond acceptors (Lipinski definition) is 5. The highest BCUT2D eigenvalue weighted by Gasteiger charge is 2.32. The average Bonchev–Trinajstić information content (AvgIpc) is 2.80. The molecule has 2 N–H and O–H groups in total. The molecule has 0 aliphatic carbocycles. The van der Waals surface area contributed by atoms with E-state index in [4.69, 9.17) is 5.73 Å². The van der Waals surface area contributed by atoms with E-state index in [0.29, 0.717) is 11.4 Å². The van der Waals surface area contributed by atoms with Crippen molar-refractivity contribution in [3.05, 3.63) is 29.8 Å². The van der Waals surface area contributed by atoms with Gasteiger partial charge in [-0.2, -0.15) is 5.10 Å². The van der Waals surface area contributed by atoms with Crippen LogP contribution in [0.5, 0.6) is 5.75 Å². The molecule has 1 aromatic carbocycles. The van der Waals surface area contributed by atoms with Crippen LogP contribution in [0.1, 0.15) is 11.6 Å². The first-order valence-electron chi connectivity index (χ1n) is 5.42. The average molecular weight is 305 g/mol. The van der Waals surface area contributed by atoms with Crippen molar-refractivity contribution < 1.29 is 22.7 Å². The van der Waals surface area contributed by atoms with Gasteiger partial charge in [0.25, 0.3) is 0 Å². The summed E-state index contributed by atoms with van der Waals surface area (Å²) in [5, 5.41) is 5.35. The number of carbonyl (C=O) groups excluding carboxylic acids is 1. The van der Waals surface area contributed by atoms with Crippen LogP contribution < -0.4 is 10.5 Å². The summed E-state index contributed by atoms with van der Waals surface area (Å²) in [7, 11) is 0. The first kappa shape index (κ1) is 14.5. The number of alkyl halides is 3. The number of nitrogens with zero attached hydrogens (tertiary/aromatic N) is 2. The van der Waals surface area contributed by atoms with Gasteiger partial charge in [-0.15, -0.1) is 13.2 Å². The van der Waals surface area contributed by atoms with Crippen molar-refractivity contribution in [3.63, 3.8) is 0 Å². The van der Waals surface area contributed by atoms with E-state index in [1.165, 1.54) is 34.5 Å². The Balaban J connectivity index is 2.27. The molecule has 0 bridgehead atoms. The number of hydrogen-bond donors (Lipinski definition) is 1. The van der Waals surface area contributed by atoms with Crippen LogP contribution in [0.15, 0.2) is 29.4 Å². The topological polar surface area (TPSA) is 67.9 Å². The monoisotopic (exact) mass is 305 g/mol.